The van der Waals surface area contributed by atoms with Gasteiger partial charge in [-0.05, 0) is 0 Å². The van der Waals surface area contributed by atoms with E-state index >= 15 is 0 Å². The van der Waals surface area contributed by atoms with Crippen LogP contribution >= 0.6 is 11.8 Å². The number of amides is 2. The normalized spacial score (nSPS) is 20.5. The number of carboxylic acid groups (broad SMARTS) is 2. The summed E-state index contributed by atoms with van der Waals surface area (Å²) >= 11 is 0.908. The van der Waals surface area contributed by atoms with Crippen molar-refractivity contribution in [3.05, 3.63) is 0 Å². The van der Waals surface area contributed by atoms with Crippen molar-refractivity contribution >= 4 is 34.8 Å². The van der Waals surface area contributed by atoms with Gasteiger partial charge in [0.25, 0.3) is 5.24 Å². The van der Waals surface area contributed by atoms with Crippen LogP contribution in [0.5, 0.6) is 0 Å². The third kappa shape index (κ3) is 3.94. The molecule has 2 amide bonds. The summed E-state index contributed by atoms with van der Waals surface area (Å²) in [4.78, 5) is 43.4. The number of hydrogen-bond donors (Lipinski definition) is 4. The molecule has 0 aromatic carbocycles. The molecule has 8 nitrogen and oxygen atoms in total. The summed E-state index contributed by atoms with van der Waals surface area (Å²) < 4.78 is 0. The average molecular weight is 262 g/mol. The Hall–Kier alpha value is -1.77. The third-order valence-electron chi connectivity index (χ3n) is 1.98. The van der Waals surface area contributed by atoms with Gasteiger partial charge in [0.2, 0.25) is 5.91 Å². The van der Waals surface area contributed by atoms with E-state index in [2.05, 4.69) is 10.6 Å². The van der Waals surface area contributed by atoms with Crippen LogP contribution in [0.4, 0.5) is 4.79 Å². The van der Waals surface area contributed by atoms with E-state index in [0.717, 1.165) is 11.8 Å². The summed E-state index contributed by atoms with van der Waals surface area (Å²) in [6, 6.07) is -2.31. The SMILES string of the molecule is O=C(O)CC(NC(=O)C1CSC(=O)N1)C(=O)O. The standard InChI is InChI=1S/C8H10N2O6S/c11-5(12)1-3(7(14)15)9-6(13)4-2-17-8(16)10-4/h3-4H,1-2H2,(H,9,13)(H,10,16)(H,11,12)(H,14,15). The smallest absolute Gasteiger partial charge is 0.326 e. The molecule has 0 aromatic heterocycles. The maximum atomic E-state index is 11.5. The zero-order valence-corrected chi connectivity index (χ0v) is 9.32. The summed E-state index contributed by atoms with van der Waals surface area (Å²) in [5.41, 5.74) is 0. The van der Waals surface area contributed by atoms with Gasteiger partial charge in [0, 0.05) is 5.75 Å². The Kier molecular flexibility index (Phi) is 4.32. The molecule has 0 radical (unpaired) electrons. The van der Waals surface area contributed by atoms with Crippen LogP contribution < -0.4 is 10.6 Å². The molecule has 2 unspecified atom stereocenters. The van der Waals surface area contributed by atoms with Crippen molar-refractivity contribution in [2.45, 2.75) is 18.5 Å². The van der Waals surface area contributed by atoms with E-state index in [1.807, 2.05) is 0 Å². The van der Waals surface area contributed by atoms with Gasteiger partial charge < -0.3 is 20.8 Å². The molecule has 1 heterocycles. The molecule has 1 rings (SSSR count). The molecule has 17 heavy (non-hydrogen) atoms. The quantitative estimate of drug-likeness (QED) is 0.492. The Bertz CT molecular complexity index is 371. The van der Waals surface area contributed by atoms with Crippen molar-refractivity contribution in [1.82, 2.24) is 10.6 Å². The molecule has 1 saturated heterocycles. The molecule has 0 spiro atoms. The lowest BCUT2D eigenvalue weighted by molar-refractivity contribution is -0.147. The van der Waals surface area contributed by atoms with Gasteiger partial charge in [0.15, 0.2) is 0 Å². The van der Waals surface area contributed by atoms with Crippen molar-refractivity contribution in [3.63, 3.8) is 0 Å². The van der Waals surface area contributed by atoms with Gasteiger partial charge in [0.1, 0.15) is 12.1 Å². The van der Waals surface area contributed by atoms with Crippen LogP contribution in [0.25, 0.3) is 0 Å². The van der Waals surface area contributed by atoms with E-state index in [-0.39, 0.29) is 11.0 Å². The fraction of sp³-hybridized carbons (Fsp3) is 0.500. The van der Waals surface area contributed by atoms with E-state index < -0.39 is 36.4 Å². The first-order valence-electron chi connectivity index (χ1n) is 4.58. The lowest BCUT2D eigenvalue weighted by atomic mass is 10.2. The molecule has 0 aromatic rings. The highest BCUT2D eigenvalue weighted by molar-refractivity contribution is 8.14. The zero-order chi connectivity index (χ0) is 13.0. The molecule has 0 bridgehead atoms. The van der Waals surface area contributed by atoms with E-state index in [4.69, 9.17) is 10.2 Å². The summed E-state index contributed by atoms with van der Waals surface area (Å²) in [7, 11) is 0. The van der Waals surface area contributed by atoms with Crippen molar-refractivity contribution in [3.8, 4) is 0 Å². The van der Waals surface area contributed by atoms with E-state index in [1.165, 1.54) is 0 Å². The fourth-order valence-corrected chi connectivity index (χ4v) is 1.95. The highest BCUT2D eigenvalue weighted by Gasteiger charge is 2.31. The lowest BCUT2D eigenvalue weighted by Gasteiger charge is -2.15. The number of carbonyl (C=O) groups is 4. The first-order valence-corrected chi connectivity index (χ1v) is 5.57. The summed E-state index contributed by atoms with van der Waals surface area (Å²) in [5, 5.41) is 21.2. The second-order valence-electron chi connectivity index (χ2n) is 3.29. The molecule has 2 atom stereocenters. The van der Waals surface area contributed by atoms with Crippen molar-refractivity contribution in [1.29, 1.82) is 0 Å². The Morgan fingerprint density at radius 1 is 1.47 bits per heavy atom. The number of hydrogen-bond acceptors (Lipinski definition) is 5. The minimum atomic E-state index is -1.50. The van der Waals surface area contributed by atoms with E-state index in [0.29, 0.717) is 0 Å². The van der Waals surface area contributed by atoms with Crippen LogP contribution in [-0.4, -0.2) is 51.1 Å². The molecular formula is C8H10N2O6S. The van der Waals surface area contributed by atoms with E-state index in [1.54, 1.807) is 0 Å². The van der Waals surface area contributed by atoms with Gasteiger partial charge in [-0.15, -0.1) is 0 Å². The molecule has 1 aliphatic rings. The van der Waals surface area contributed by atoms with Crippen LogP contribution in [0.1, 0.15) is 6.42 Å². The van der Waals surface area contributed by atoms with Gasteiger partial charge in [-0.1, -0.05) is 11.8 Å². The summed E-state index contributed by atoms with van der Waals surface area (Å²) in [5.74, 6) is -3.26. The number of carboxylic acids is 2. The molecule has 9 heteroatoms. The van der Waals surface area contributed by atoms with Crippen molar-refractivity contribution < 1.29 is 29.4 Å². The topological polar surface area (TPSA) is 133 Å². The molecule has 4 N–H and O–H groups in total. The van der Waals surface area contributed by atoms with E-state index in [9.17, 15) is 19.2 Å². The van der Waals surface area contributed by atoms with Crippen molar-refractivity contribution in [2.75, 3.05) is 5.75 Å². The second-order valence-corrected chi connectivity index (χ2v) is 4.29. The number of carbonyl (C=O) groups excluding carboxylic acids is 2. The minimum Gasteiger partial charge on any atom is -0.481 e. The molecule has 0 saturated carbocycles. The van der Waals surface area contributed by atoms with Gasteiger partial charge in [-0.25, -0.2) is 4.79 Å². The van der Waals surface area contributed by atoms with Crippen LogP contribution in [0.3, 0.4) is 0 Å². The number of rotatable bonds is 5. The highest BCUT2D eigenvalue weighted by atomic mass is 32.2. The predicted octanol–water partition coefficient (Wildman–Crippen LogP) is -1.14. The monoisotopic (exact) mass is 262 g/mol. The molecule has 1 aliphatic heterocycles. The van der Waals surface area contributed by atoms with Crippen LogP contribution in [0.15, 0.2) is 0 Å². The fourth-order valence-electron chi connectivity index (χ4n) is 1.17. The van der Waals surface area contributed by atoms with Gasteiger partial charge in [-0.3, -0.25) is 14.4 Å². The lowest BCUT2D eigenvalue weighted by Crippen LogP contribution is -2.50. The number of nitrogens with one attached hydrogen (secondary N) is 2. The minimum absolute atomic E-state index is 0.198. The van der Waals surface area contributed by atoms with Gasteiger partial charge in [-0.2, -0.15) is 0 Å². The van der Waals surface area contributed by atoms with Crippen LogP contribution in [0.2, 0.25) is 0 Å². The van der Waals surface area contributed by atoms with Gasteiger partial charge >= 0.3 is 11.9 Å². The first-order chi connectivity index (χ1) is 7.90. The molecule has 1 fully saturated rings. The molecule has 0 aliphatic carbocycles. The zero-order valence-electron chi connectivity index (χ0n) is 8.50. The predicted molar refractivity (Wildman–Crippen MR) is 56.6 cm³/mol. The Balaban J connectivity index is 2.55. The Morgan fingerprint density at radius 2 is 2.12 bits per heavy atom. The molecule has 94 valence electrons. The van der Waals surface area contributed by atoms with Gasteiger partial charge in [0.05, 0.1) is 6.42 Å². The maximum Gasteiger partial charge on any atom is 0.326 e. The molecular weight excluding hydrogens is 252 g/mol. The number of aliphatic carboxylic acids is 2. The number of thioether (sulfide) groups is 1. The maximum absolute atomic E-state index is 11.5. The third-order valence-corrected chi connectivity index (χ3v) is 2.86. The van der Waals surface area contributed by atoms with Crippen molar-refractivity contribution in [2.24, 2.45) is 0 Å². The second kappa shape index (κ2) is 5.53. The average Bonchev–Trinajstić information content (AvgIpc) is 2.63. The summed E-state index contributed by atoms with van der Waals surface area (Å²) in [6.07, 6.45) is -0.713. The Labute approximate surface area is 99.7 Å². The summed E-state index contributed by atoms with van der Waals surface area (Å²) in [6.45, 7) is 0. The largest absolute Gasteiger partial charge is 0.481 e. The first kappa shape index (κ1) is 13.3. The van der Waals surface area contributed by atoms with Crippen LogP contribution in [0, 0.1) is 0 Å². The Morgan fingerprint density at radius 3 is 2.53 bits per heavy atom. The highest BCUT2D eigenvalue weighted by Crippen LogP contribution is 2.13. The van der Waals surface area contributed by atoms with Crippen LogP contribution in [-0.2, 0) is 14.4 Å².